The number of hydrogen-bond donors (Lipinski definition) is 0. The maximum absolute atomic E-state index is 5.78. The summed E-state index contributed by atoms with van der Waals surface area (Å²) in [6.45, 7) is 9.64. The van der Waals surface area contributed by atoms with Crippen LogP contribution in [-0.4, -0.2) is 68.4 Å². The van der Waals surface area contributed by atoms with E-state index in [1.54, 1.807) is 23.5 Å². The Hall–Kier alpha value is 0.540. The summed E-state index contributed by atoms with van der Waals surface area (Å²) in [5.41, 5.74) is 0. The molecule has 0 saturated heterocycles. The summed E-state index contributed by atoms with van der Waals surface area (Å²) in [6, 6.07) is 0. The lowest BCUT2D eigenvalue weighted by Crippen LogP contribution is -2.30. The molecule has 0 radical (unpaired) electrons. The molecule has 21 heavy (non-hydrogen) atoms. The molecular formula is C15H32O4S2. The molecule has 0 aromatic heterocycles. The normalized spacial score (nSPS) is 14.9. The minimum atomic E-state index is 0.0725. The summed E-state index contributed by atoms with van der Waals surface area (Å²) in [5.74, 6) is 1.82. The molecule has 0 bridgehead atoms. The van der Waals surface area contributed by atoms with Crippen molar-refractivity contribution in [3.8, 4) is 0 Å². The van der Waals surface area contributed by atoms with Gasteiger partial charge in [-0.2, -0.15) is 23.5 Å². The van der Waals surface area contributed by atoms with E-state index in [1.165, 1.54) is 0 Å². The Bertz CT molecular complexity index is 206. The van der Waals surface area contributed by atoms with Crippen molar-refractivity contribution in [3.63, 3.8) is 0 Å². The number of thioether (sulfide) groups is 2. The van der Waals surface area contributed by atoms with Crippen LogP contribution in [0.5, 0.6) is 0 Å². The molecule has 2 unspecified atom stereocenters. The smallest absolute Gasteiger partial charge is 0.147 e. The molecule has 0 N–H and O–H groups in total. The summed E-state index contributed by atoms with van der Waals surface area (Å²) in [5, 5.41) is 0. The molecule has 0 aromatic carbocycles. The molecule has 0 fully saturated rings. The minimum absolute atomic E-state index is 0.0725. The van der Waals surface area contributed by atoms with E-state index >= 15 is 0 Å². The molecule has 0 aromatic rings. The average Bonchev–Trinajstić information content (AvgIpc) is 2.41. The highest BCUT2D eigenvalue weighted by Gasteiger charge is 2.14. The van der Waals surface area contributed by atoms with Crippen molar-refractivity contribution in [1.82, 2.24) is 0 Å². The lowest BCUT2D eigenvalue weighted by Gasteiger charge is -2.22. The van der Waals surface area contributed by atoms with Gasteiger partial charge >= 0.3 is 0 Å². The monoisotopic (exact) mass is 340 g/mol. The van der Waals surface area contributed by atoms with Gasteiger partial charge in [-0.1, -0.05) is 0 Å². The van der Waals surface area contributed by atoms with Crippen LogP contribution in [0.15, 0.2) is 0 Å². The summed E-state index contributed by atoms with van der Waals surface area (Å²) in [4.78, 5) is 0. The number of ether oxygens (including phenoxy) is 4. The first-order chi connectivity index (χ1) is 9.99. The molecule has 0 amide bonds. The van der Waals surface area contributed by atoms with Crippen molar-refractivity contribution in [2.24, 2.45) is 0 Å². The van der Waals surface area contributed by atoms with E-state index < -0.39 is 0 Å². The van der Waals surface area contributed by atoms with Crippen molar-refractivity contribution in [2.45, 2.75) is 52.1 Å². The molecule has 0 saturated carbocycles. The lowest BCUT2D eigenvalue weighted by atomic mass is 10.4. The minimum Gasteiger partial charge on any atom is -0.376 e. The zero-order valence-electron chi connectivity index (χ0n) is 14.3. The van der Waals surface area contributed by atoms with E-state index in [1.807, 2.05) is 27.7 Å². The van der Waals surface area contributed by atoms with Gasteiger partial charge < -0.3 is 18.9 Å². The summed E-state index contributed by atoms with van der Waals surface area (Å²) in [7, 11) is 0. The molecular weight excluding hydrogens is 308 g/mol. The second kappa shape index (κ2) is 14.2. The number of hydrogen-bond acceptors (Lipinski definition) is 6. The third-order valence-corrected chi connectivity index (χ3v) is 3.95. The second-order valence-electron chi connectivity index (χ2n) is 5.37. The average molecular weight is 341 g/mol. The van der Waals surface area contributed by atoms with E-state index in [0.29, 0.717) is 20.0 Å². The third-order valence-electron chi connectivity index (χ3n) is 2.54. The Morgan fingerprint density at radius 1 is 0.667 bits per heavy atom. The first-order valence-corrected chi connectivity index (χ1v) is 10.2. The van der Waals surface area contributed by atoms with Gasteiger partial charge in [0, 0.05) is 11.5 Å². The van der Waals surface area contributed by atoms with Crippen LogP contribution in [0.25, 0.3) is 0 Å². The second-order valence-corrected chi connectivity index (χ2v) is 7.19. The van der Waals surface area contributed by atoms with E-state index in [9.17, 15) is 0 Å². The van der Waals surface area contributed by atoms with Crippen LogP contribution in [0.1, 0.15) is 27.7 Å². The first-order valence-electron chi connectivity index (χ1n) is 7.43. The van der Waals surface area contributed by atoms with E-state index in [0.717, 1.165) is 11.5 Å². The van der Waals surface area contributed by atoms with Gasteiger partial charge in [-0.15, -0.1) is 0 Å². The Kier molecular flexibility index (Phi) is 14.5. The predicted octanol–water partition coefficient (Wildman–Crippen LogP) is 3.29. The molecule has 0 aliphatic heterocycles. The molecule has 2 atom stereocenters. The van der Waals surface area contributed by atoms with Crippen molar-refractivity contribution >= 4 is 23.5 Å². The largest absolute Gasteiger partial charge is 0.376 e. The molecule has 0 spiro atoms. The SMILES string of the molecule is CSCC(COC(C)C)OCOC(COC(C)C)CSC. The van der Waals surface area contributed by atoms with Gasteiger partial charge in [0.1, 0.15) is 6.79 Å². The van der Waals surface area contributed by atoms with E-state index in [-0.39, 0.29) is 24.4 Å². The zero-order valence-corrected chi connectivity index (χ0v) is 15.9. The summed E-state index contributed by atoms with van der Waals surface area (Å²) in [6.07, 6.45) is 4.73. The van der Waals surface area contributed by atoms with Crippen molar-refractivity contribution in [2.75, 3.05) is 44.0 Å². The van der Waals surface area contributed by atoms with Crippen LogP contribution in [0.3, 0.4) is 0 Å². The van der Waals surface area contributed by atoms with Crippen LogP contribution < -0.4 is 0 Å². The maximum Gasteiger partial charge on any atom is 0.147 e. The highest BCUT2D eigenvalue weighted by molar-refractivity contribution is 7.98. The fourth-order valence-electron chi connectivity index (χ4n) is 1.49. The fourth-order valence-corrected chi connectivity index (χ4v) is 2.62. The van der Waals surface area contributed by atoms with Crippen LogP contribution in [0, 0.1) is 0 Å². The van der Waals surface area contributed by atoms with Gasteiger partial charge in [-0.25, -0.2) is 0 Å². The summed E-state index contributed by atoms with van der Waals surface area (Å²) >= 11 is 3.51. The van der Waals surface area contributed by atoms with Gasteiger partial charge in [0.2, 0.25) is 0 Å². The van der Waals surface area contributed by atoms with Crippen molar-refractivity contribution in [1.29, 1.82) is 0 Å². The topological polar surface area (TPSA) is 36.9 Å². The van der Waals surface area contributed by atoms with Crippen LogP contribution >= 0.6 is 23.5 Å². The first kappa shape index (κ1) is 21.5. The fraction of sp³-hybridized carbons (Fsp3) is 1.00. The Labute approximate surface area is 139 Å². The highest BCUT2D eigenvalue weighted by atomic mass is 32.2. The lowest BCUT2D eigenvalue weighted by molar-refractivity contribution is -0.140. The van der Waals surface area contributed by atoms with Crippen molar-refractivity contribution < 1.29 is 18.9 Å². The van der Waals surface area contributed by atoms with Gasteiger partial charge in [0.05, 0.1) is 37.6 Å². The highest BCUT2D eigenvalue weighted by Crippen LogP contribution is 2.08. The van der Waals surface area contributed by atoms with Crippen molar-refractivity contribution in [3.05, 3.63) is 0 Å². The summed E-state index contributed by atoms with van der Waals surface area (Å²) < 4.78 is 22.8. The molecule has 6 heteroatoms. The molecule has 0 aliphatic carbocycles. The quantitative estimate of drug-likeness (QED) is 0.452. The standard InChI is InChI=1S/C15H32O4S2/c1-12(2)16-7-14(9-20-5)18-11-19-15(10-21-6)8-17-13(3)4/h12-15H,7-11H2,1-6H3. The Morgan fingerprint density at radius 3 is 1.33 bits per heavy atom. The molecule has 0 aliphatic rings. The van der Waals surface area contributed by atoms with Gasteiger partial charge in [-0.3, -0.25) is 0 Å². The Balaban J connectivity index is 3.99. The predicted molar refractivity (Wildman–Crippen MR) is 93.6 cm³/mol. The van der Waals surface area contributed by atoms with Gasteiger partial charge in [0.15, 0.2) is 0 Å². The molecule has 0 heterocycles. The third kappa shape index (κ3) is 13.9. The Morgan fingerprint density at radius 2 is 1.05 bits per heavy atom. The zero-order chi connectivity index (χ0) is 16.1. The van der Waals surface area contributed by atoms with E-state index in [2.05, 4.69) is 12.5 Å². The van der Waals surface area contributed by atoms with Gasteiger partial charge in [0.25, 0.3) is 0 Å². The maximum atomic E-state index is 5.78. The van der Waals surface area contributed by atoms with Crippen LogP contribution in [-0.2, 0) is 18.9 Å². The van der Waals surface area contributed by atoms with Crippen LogP contribution in [0.4, 0.5) is 0 Å². The van der Waals surface area contributed by atoms with E-state index in [4.69, 9.17) is 18.9 Å². The molecule has 0 rings (SSSR count). The van der Waals surface area contributed by atoms with Crippen LogP contribution in [0.2, 0.25) is 0 Å². The molecule has 4 nitrogen and oxygen atoms in total. The molecule has 128 valence electrons. The number of rotatable bonds is 14. The van der Waals surface area contributed by atoms with Gasteiger partial charge in [-0.05, 0) is 40.2 Å².